The van der Waals surface area contributed by atoms with E-state index in [1.165, 1.54) is 33.2 Å². The maximum atomic E-state index is 11.8. The van der Waals surface area contributed by atoms with Gasteiger partial charge in [0.2, 0.25) is 0 Å². The van der Waals surface area contributed by atoms with Crippen molar-refractivity contribution in [2.75, 3.05) is 13.6 Å². The van der Waals surface area contributed by atoms with Crippen LogP contribution in [0.4, 0.5) is 0 Å². The molecule has 2 unspecified atom stereocenters. The van der Waals surface area contributed by atoms with E-state index in [1.54, 1.807) is 6.92 Å². The molecule has 108 valence electrons. The SMILES string of the molecule is CC(=O)C1C=C2c3cc(C)cc4[nH]cc(c34)CC2N(C)C1. The number of Topliss-reactive ketones (excluding diaryl/α,β-unsaturated/α-hetero) is 1. The van der Waals surface area contributed by atoms with Crippen molar-refractivity contribution in [3.05, 3.63) is 41.1 Å². The van der Waals surface area contributed by atoms with E-state index in [2.05, 4.69) is 48.3 Å². The number of H-pyrrole nitrogens is 1. The van der Waals surface area contributed by atoms with Crippen LogP contribution in [-0.4, -0.2) is 35.3 Å². The highest BCUT2D eigenvalue weighted by molar-refractivity contribution is 5.99. The predicted octanol–water partition coefficient (Wildman–Crippen LogP) is 2.94. The lowest BCUT2D eigenvalue weighted by molar-refractivity contribution is -0.120. The number of carbonyl (C=O) groups is 1. The first kappa shape index (κ1) is 12.8. The molecule has 3 heteroatoms. The fourth-order valence-electron chi connectivity index (χ4n) is 3.92. The molecule has 2 aromatic rings. The number of likely N-dealkylation sites (N-methyl/N-ethyl adjacent to an activating group) is 1. The monoisotopic (exact) mass is 280 g/mol. The summed E-state index contributed by atoms with van der Waals surface area (Å²) in [4.78, 5) is 17.6. The number of ketones is 1. The number of nitrogens with zero attached hydrogens (tertiary/aromatic N) is 1. The van der Waals surface area contributed by atoms with Crippen LogP contribution >= 0.6 is 0 Å². The molecule has 1 aliphatic heterocycles. The number of fused-ring (bicyclic) bond motifs is 2. The van der Waals surface area contributed by atoms with Crippen molar-refractivity contribution < 1.29 is 4.79 Å². The van der Waals surface area contributed by atoms with E-state index in [1.807, 2.05) is 0 Å². The molecule has 2 aliphatic rings. The Hall–Kier alpha value is -1.87. The predicted molar refractivity (Wildman–Crippen MR) is 85.3 cm³/mol. The van der Waals surface area contributed by atoms with Gasteiger partial charge in [0.25, 0.3) is 0 Å². The Bertz CT molecular complexity index is 784. The molecule has 21 heavy (non-hydrogen) atoms. The molecular formula is C18H20N2O. The van der Waals surface area contributed by atoms with Gasteiger partial charge >= 0.3 is 0 Å². The number of hydrogen-bond acceptors (Lipinski definition) is 2. The maximum Gasteiger partial charge on any atom is 0.137 e. The largest absolute Gasteiger partial charge is 0.361 e. The van der Waals surface area contributed by atoms with Gasteiger partial charge < -0.3 is 4.98 Å². The van der Waals surface area contributed by atoms with Crippen LogP contribution in [0.1, 0.15) is 23.6 Å². The van der Waals surface area contributed by atoms with Crippen LogP contribution in [0.5, 0.6) is 0 Å². The van der Waals surface area contributed by atoms with Gasteiger partial charge in [0.15, 0.2) is 0 Å². The van der Waals surface area contributed by atoms with Crippen LogP contribution in [0.3, 0.4) is 0 Å². The fourth-order valence-corrected chi connectivity index (χ4v) is 3.92. The highest BCUT2D eigenvalue weighted by Crippen LogP contribution is 2.41. The Morgan fingerprint density at radius 3 is 2.95 bits per heavy atom. The van der Waals surface area contributed by atoms with Crippen molar-refractivity contribution in [1.82, 2.24) is 9.88 Å². The molecule has 1 aliphatic carbocycles. The summed E-state index contributed by atoms with van der Waals surface area (Å²) in [7, 11) is 2.14. The topological polar surface area (TPSA) is 36.1 Å². The lowest BCUT2D eigenvalue weighted by atomic mass is 9.79. The number of rotatable bonds is 1. The number of hydrogen-bond donors (Lipinski definition) is 1. The van der Waals surface area contributed by atoms with Crippen molar-refractivity contribution in [1.29, 1.82) is 0 Å². The van der Waals surface area contributed by atoms with Gasteiger partial charge in [0, 0.05) is 35.6 Å². The van der Waals surface area contributed by atoms with Gasteiger partial charge in [0.1, 0.15) is 5.78 Å². The lowest BCUT2D eigenvalue weighted by Crippen LogP contribution is -2.43. The third-order valence-electron chi connectivity index (χ3n) is 5.01. The number of carbonyl (C=O) groups excluding carboxylic acids is 1. The summed E-state index contributed by atoms with van der Waals surface area (Å²) < 4.78 is 0. The molecule has 3 nitrogen and oxygen atoms in total. The molecule has 0 bridgehead atoms. The third-order valence-corrected chi connectivity index (χ3v) is 5.01. The molecule has 2 heterocycles. The van der Waals surface area contributed by atoms with E-state index in [4.69, 9.17) is 0 Å². The van der Waals surface area contributed by atoms with E-state index in [0.717, 1.165) is 13.0 Å². The minimum atomic E-state index is 0.0253. The van der Waals surface area contributed by atoms with E-state index < -0.39 is 0 Å². The first-order chi connectivity index (χ1) is 10.0. The summed E-state index contributed by atoms with van der Waals surface area (Å²) in [5.41, 5.74) is 6.53. The maximum absolute atomic E-state index is 11.8. The van der Waals surface area contributed by atoms with Crippen molar-refractivity contribution in [3.8, 4) is 0 Å². The van der Waals surface area contributed by atoms with Crippen molar-refractivity contribution in [2.24, 2.45) is 5.92 Å². The minimum Gasteiger partial charge on any atom is -0.361 e. The summed E-state index contributed by atoms with van der Waals surface area (Å²) in [6.45, 7) is 4.67. The zero-order chi connectivity index (χ0) is 14.7. The molecule has 1 N–H and O–H groups in total. The molecule has 2 atom stereocenters. The number of aromatic amines is 1. The highest BCUT2D eigenvalue weighted by atomic mass is 16.1. The normalized spacial score (nSPS) is 24.8. The molecular weight excluding hydrogens is 260 g/mol. The third kappa shape index (κ3) is 1.80. The molecule has 0 saturated heterocycles. The quantitative estimate of drug-likeness (QED) is 0.872. The van der Waals surface area contributed by atoms with Crippen LogP contribution in [0.2, 0.25) is 0 Å². The molecule has 0 amide bonds. The molecule has 0 fully saturated rings. The van der Waals surface area contributed by atoms with Crippen molar-refractivity contribution in [2.45, 2.75) is 26.3 Å². The molecule has 0 radical (unpaired) electrons. The Morgan fingerprint density at radius 2 is 2.19 bits per heavy atom. The summed E-state index contributed by atoms with van der Waals surface area (Å²) >= 11 is 0. The van der Waals surface area contributed by atoms with E-state index >= 15 is 0 Å². The van der Waals surface area contributed by atoms with Gasteiger partial charge in [-0.15, -0.1) is 0 Å². The Balaban J connectivity index is 1.98. The zero-order valence-electron chi connectivity index (χ0n) is 12.7. The summed E-state index contributed by atoms with van der Waals surface area (Å²) in [5, 5.41) is 1.35. The van der Waals surface area contributed by atoms with Crippen LogP contribution in [0.15, 0.2) is 24.4 Å². The fraction of sp³-hybridized carbons (Fsp3) is 0.389. The average Bonchev–Trinajstić information content (AvgIpc) is 2.83. The average molecular weight is 280 g/mol. The highest BCUT2D eigenvalue weighted by Gasteiger charge is 2.34. The van der Waals surface area contributed by atoms with E-state index in [0.29, 0.717) is 6.04 Å². The van der Waals surface area contributed by atoms with Gasteiger partial charge in [-0.1, -0.05) is 12.1 Å². The standard InChI is InChI=1S/C18H20N2O/c1-10-4-15-14-6-13(11(2)21)9-20(3)17(14)7-12-8-19-16(5-10)18(12)15/h4-6,8,13,17,19H,7,9H2,1-3H3. The minimum absolute atomic E-state index is 0.0253. The summed E-state index contributed by atoms with van der Waals surface area (Å²) in [6.07, 6.45) is 5.40. The second-order valence-electron chi connectivity index (χ2n) is 6.55. The number of benzene rings is 1. The van der Waals surface area contributed by atoms with Gasteiger partial charge in [-0.3, -0.25) is 9.69 Å². The molecule has 1 aromatic heterocycles. The number of nitrogens with one attached hydrogen (secondary N) is 1. The smallest absolute Gasteiger partial charge is 0.137 e. The first-order valence-electron chi connectivity index (χ1n) is 7.58. The Morgan fingerprint density at radius 1 is 1.38 bits per heavy atom. The number of aryl methyl sites for hydroxylation is 1. The van der Waals surface area contributed by atoms with Crippen molar-refractivity contribution in [3.63, 3.8) is 0 Å². The van der Waals surface area contributed by atoms with E-state index in [9.17, 15) is 4.79 Å². The van der Waals surface area contributed by atoms with E-state index in [-0.39, 0.29) is 11.7 Å². The summed E-state index contributed by atoms with van der Waals surface area (Å²) in [6, 6.07) is 4.88. The molecule has 0 saturated carbocycles. The van der Waals surface area contributed by atoms with Crippen LogP contribution in [-0.2, 0) is 11.2 Å². The summed E-state index contributed by atoms with van der Waals surface area (Å²) in [5.74, 6) is 0.286. The van der Waals surface area contributed by atoms with Crippen LogP contribution in [0, 0.1) is 12.8 Å². The Labute approximate surface area is 124 Å². The first-order valence-corrected chi connectivity index (χ1v) is 7.58. The second kappa shape index (κ2) is 4.31. The zero-order valence-corrected chi connectivity index (χ0v) is 12.7. The van der Waals surface area contributed by atoms with Crippen LogP contribution in [0.25, 0.3) is 16.5 Å². The number of aromatic nitrogens is 1. The van der Waals surface area contributed by atoms with Crippen molar-refractivity contribution >= 4 is 22.3 Å². The van der Waals surface area contributed by atoms with Gasteiger partial charge in [-0.25, -0.2) is 0 Å². The lowest BCUT2D eigenvalue weighted by Gasteiger charge is -2.39. The van der Waals surface area contributed by atoms with Crippen LogP contribution < -0.4 is 0 Å². The second-order valence-corrected chi connectivity index (χ2v) is 6.55. The molecule has 4 rings (SSSR count). The van der Waals surface area contributed by atoms with Gasteiger partial charge in [0.05, 0.1) is 0 Å². The molecule has 0 spiro atoms. The Kier molecular flexibility index (Phi) is 2.64. The molecule has 1 aromatic carbocycles. The van der Waals surface area contributed by atoms with Gasteiger partial charge in [-0.2, -0.15) is 0 Å². The van der Waals surface area contributed by atoms with Gasteiger partial charge in [-0.05, 0) is 55.6 Å².